The molecule has 1 amide bonds. The first-order valence-corrected chi connectivity index (χ1v) is 5.47. The Morgan fingerprint density at radius 1 is 1.69 bits per heavy atom. The average molecular weight is 195 g/mol. The highest BCUT2D eigenvalue weighted by Crippen LogP contribution is 2.34. The standard InChI is InChI=1S/C10H13NOS/c1-8(12)11-6-2-4-9(11)10-5-3-7-13-10/h3,5,7,9H,2,4,6H2,1H3. The number of hydrogen-bond acceptors (Lipinski definition) is 2. The van der Waals surface area contributed by atoms with Gasteiger partial charge in [-0.25, -0.2) is 0 Å². The Kier molecular flexibility index (Phi) is 2.36. The van der Waals surface area contributed by atoms with E-state index < -0.39 is 0 Å². The molecule has 1 saturated heterocycles. The van der Waals surface area contributed by atoms with Crippen LogP contribution >= 0.6 is 11.3 Å². The van der Waals surface area contributed by atoms with Crippen molar-refractivity contribution in [3.8, 4) is 0 Å². The average Bonchev–Trinajstić information content (AvgIpc) is 2.74. The first kappa shape index (κ1) is 8.75. The third-order valence-corrected chi connectivity index (χ3v) is 3.50. The second-order valence-electron chi connectivity index (χ2n) is 3.39. The highest BCUT2D eigenvalue weighted by atomic mass is 32.1. The Labute approximate surface area is 82.2 Å². The van der Waals surface area contributed by atoms with Gasteiger partial charge in [0.15, 0.2) is 0 Å². The Morgan fingerprint density at radius 2 is 2.54 bits per heavy atom. The van der Waals surface area contributed by atoms with E-state index in [2.05, 4.69) is 17.5 Å². The fraction of sp³-hybridized carbons (Fsp3) is 0.500. The van der Waals surface area contributed by atoms with Crippen molar-refractivity contribution in [1.29, 1.82) is 0 Å². The molecule has 1 aromatic heterocycles. The lowest BCUT2D eigenvalue weighted by Crippen LogP contribution is -2.27. The molecule has 0 spiro atoms. The van der Waals surface area contributed by atoms with E-state index in [0.717, 1.165) is 19.4 Å². The van der Waals surface area contributed by atoms with Crippen molar-refractivity contribution < 1.29 is 4.79 Å². The SMILES string of the molecule is CC(=O)N1CCCC1c1cccs1. The van der Waals surface area contributed by atoms with Crippen LogP contribution in [-0.4, -0.2) is 17.4 Å². The van der Waals surface area contributed by atoms with Crippen LogP contribution in [0.4, 0.5) is 0 Å². The summed E-state index contributed by atoms with van der Waals surface area (Å²) in [5, 5.41) is 2.08. The summed E-state index contributed by atoms with van der Waals surface area (Å²) in [7, 11) is 0. The smallest absolute Gasteiger partial charge is 0.219 e. The van der Waals surface area contributed by atoms with E-state index in [1.807, 2.05) is 4.90 Å². The first-order chi connectivity index (χ1) is 6.29. The van der Waals surface area contributed by atoms with Crippen LogP contribution in [0.3, 0.4) is 0 Å². The molecule has 1 aliphatic rings. The number of thiophene rings is 1. The topological polar surface area (TPSA) is 20.3 Å². The van der Waals surface area contributed by atoms with Crippen LogP contribution < -0.4 is 0 Å². The van der Waals surface area contributed by atoms with Crippen LogP contribution in [0, 0.1) is 0 Å². The predicted octanol–water partition coefficient (Wildman–Crippen LogP) is 2.43. The Balaban J connectivity index is 2.19. The van der Waals surface area contributed by atoms with Crippen molar-refractivity contribution in [2.75, 3.05) is 6.54 Å². The molecule has 2 rings (SSSR count). The lowest BCUT2D eigenvalue weighted by atomic mass is 10.2. The summed E-state index contributed by atoms with van der Waals surface area (Å²) < 4.78 is 0. The molecule has 1 fully saturated rings. The molecule has 1 unspecified atom stereocenters. The maximum Gasteiger partial charge on any atom is 0.219 e. The zero-order valence-electron chi connectivity index (χ0n) is 7.69. The van der Waals surface area contributed by atoms with E-state index in [1.54, 1.807) is 18.3 Å². The normalized spacial score (nSPS) is 22.2. The van der Waals surface area contributed by atoms with E-state index in [1.165, 1.54) is 4.88 Å². The molecule has 0 bridgehead atoms. The zero-order chi connectivity index (χ0) is 9.26. The van der Waals surface area contributed by atoms with Crippen molar-refractivity contribution >= 4 is 17.2 Å². The molecular weight excluding hydrogens is 182 g/mol. The molecular formula is C10H13NOS. The molecule has 2 heterocycles. The van der Waals surface area contributed by atoms with Crippen LogP contribution in [0.1, 0.15) is 30.7 Å². The molecule has 1 atom stereocenters. The van der Waals surface area contributed by atoms with Gasteiger partial charge in [-0.3, -0.25) is 4.79 Å². The largest absolute Gasteiger partial charge is 0.335 e. The number of rotatable bonds is 1. The maximum atomic E-state index is 11.3. The second kappa shape index (κ2) is 3.50. The van der Waals surface area contributed by atoms with Crippen LogP contribution in [0.2, 0.25) is 0 Å². The molecule has 3 heteroatoms. The van der Waals surface area contributed by atoms with Crippen LogP contribution in [0.5, 0.6) is 0 Å². The van der Waals surface area contributed by atoms with Crippen molar-refractivity contribution in [1.82, 2.24) is 4.90 Å². The highest BCUT2D eigenvalue weighted by molar-refractivity contribution is 7.10. The van der Waals surface area contributed by atoms with Gasteiger partial charge in [0, 0.05) is 18.3 Å². The van der Waals surface area contributed by atoms with Gasteiger partial charge in [0.2, 0.25) is 5.91 Å². The molecule has 13 heavy (non-hydrogen) atoms. The molecule has 0 aromatic carbocycles. The number of amides is 1. The molecule has 2 nitrogen and oxygen atoms in total. The minimum Gasteiger partial charge on any atom is -0.335 e. The zero-order valence-corrected chi connectivity index (χ0v) is 8.51. The predicted molar refractivity (Wildman–Crippen MR) is 53.7 cm³/mol. The Morgan fingerprint density at radius 3 is 3.15 bits per heavy atom. The minimum atomic E-state index is 0.205. The Bertz CT molecular complexity index is 294. The summed E-state index contributed by atoms with van der Waals surface area (Å²) in [6.07, 6.45) is 2.27. The van der Waals surface area contributed by atoms with Gasteiger partial charge in [-0.1, -0.05) is 6.07 Å². The number of likely N-dealkylation sites (tertiary alicyclic amines) is 1. The summed E-state index contributed by atoms with van der Waals surface area (Å²) in [6.45, 7) is 2.59. The molecule has 1 aromatic rings. The molecule has 1 aliphatic heterocycles. The van der Waals surface area contributed by atoms with Crippen LogP contribution in [0.25, 0.3) is 0 Å². The number of carbonyl (C=O) groups excluding carboxylic acids is 1. The molecule has 0 saturated carbocycles. The van der Waals surface area contributed by atoms with Gasteiger partial charge in [-0.2, -0.15) is 0 Å². The van der Waals surface area contributed by atoms with E-state index >= 15 is 0 Å². The van der Waals surface area contributed by atoms with Gasteiger partial charge in [-0.05, 0) is 24.3 Å². The lowest BCUT2D eigenvalue weighted by Gasteiger charge is -2.21. The van der Waals surface area contributed by atoms with E-state index in [9.17, 15) is 4.79 Å². The first-order valence-electron chi connectivity index (χ1n) is 4.59. The monoisotopic (exact) mass is 195 g/mol. The second-order valence-corrected chi connectivity index (χ2v) is 4.37. The van der Waals surface area contributed by atoms with E-state index in [0.29, 0.717) is 6.04 Å². The number of nitrogens with zero attached hydrogens (tertiary/aromatic N) is 1. The van der Waals surface area contributed by atoms with Crippen molar-refractivity contribution in [2.24, 2.45) is 0 Å². The van der Waals surface area contributed by atoms with Gasteiger partial charge in [0.05, 0.1) is 6.04 Å². The lowest BCUT2D eigenvalue weighted by molar-refractivity contribution is -0.129. The van der Waals surface area contributed by atoms with Gasteiger partial charge in [-0.15, -0.1) is 11.3 Å². The quantitative estimate of drug-likeness (QED) is 0.674. The van der Waals surface area contributed by atoms with Crippen molar-refractivity contribution in [2.45, 2.75) is 25.8 Å². The fourth-order valence-corrected chi connectivity index (χ4v) is 2.79. The van der Waals surface area contributed by atoms with Gasteiger partial charge >= 0.3 is 0 Å². The summed E-state index contributed by atoms with van der Waals surface area (Å²) in [6, 6.07) is 4.53. The summed E-state index contributed by atoms with van der Waals surface area (Å²) in [5.41, 5.74) is 0. The van der Waals surface area contributed by atoms with Crippen LogP contribution in [0.15, 0.2) is 17.5 Å². The maximum absolute atomic E-state index is 11.3. The summed E-state index contributed by atoms with van der Waals surface area (Å²) >= 11 is 1.75. The highest BCUT2D eigenvalue weighted by Gasteiger charge is 2.28. The summed E-state index contributed by atoms with van der Waals surface area (Å²) in [5.74, 6) is 0.205. The number of carbonyl (C=O) groups is 1. The number of hydrogen-bond donors (Lipinski definition) is 0. The molecule has 0 aliphatic carbocycles. The molecule has 0 radical (unpaired) electrons. The third-order valence-electron chi connectivity index (χ3n) is 2.53. The van der Waals surface area contributed by atoms with Gasteiger partial charge in [0.1, 0.15) is 0 Å². The summed E-state index contributed by atoms with van der Waals surface area (Å²) in [4.78, 5) is 14.6. The molecule has 0 N–H and O–H groups in total. The molecule has 70 valence electrons. The van der Waals surface area contributed by atoms with Crippen molar-refractivity contribution in [3.63, 3.8) is 0 Å². The van der Waals surface area contributed by atoms with Crippen molar-refractivity contribution in [3.05, 3.63) is 22.4 Å². The van der Waals surface area contributed by atoms with Crippen LogP contribution in [-0.2, 0) is 4.79 Å². The van der Waals surface area contributed by atoms with E-state index in [-0.39, 0.29) is 5.91 Å². The Hall–Kier alpha value is -0.830. The minimum absolute atomic E-state index is 0.205. The van der Waals surface area contributed by atoms with E-state index in [4.69, 9.17) is 0 Å². The van der Waals surface area contributed by atoms with Gasteiger partial charge in [0.25, 0.3) is 0 Å². The third kappa shape index (κ3) is 1.61. The van der Waals surface area contributed by atoms with Gasteiger partial charge < -0.3 is 4.90 Å². The fourth-order valence-electron chi connectivity index (χ4n) is 1.92.